The van der Waals surface area contributed by atoms with Crippen molar-refractivity contribution in [3.05, 3.63) is 141 Å². The zero-order valence-corrected chi connectivity index (χ0v) is 26.2. The van der Waals surface area contributed by atoms with Crippen LogP contribution in [0.4, 0.5) is 17.1 Å². The van der Waals surface area contributed by atoms with Gasteiger partial charge < -0.3 is 14.4 Å². The lowest BCUT2D eigenvalue weighted by atomic mass is 10.1. The number of benzene rings is 4. The van der Waals surface area contributed by atoms with Crippen LogP contribution in [-0.4, -0.2) is 21.3 Å². The highest BCUT2D eigenvalue weighted by Gasteiger charge is 2.16. The van der Waals surface area contributed by atoms with Crippen molar-refractivity contribution < 1.29 is 17.9 Å². The summed E-state index contributed by atoms with van der Waals surface area (Å²) in [4.78, 5) is 5.75. The lowest BCUT2D eigenvalue weighted by molar-refractivity contribution is 0.320. The molecule has 0 aliphatic carbocycles. The molecular formula is C35H33N3O4S2. The van der Waals surface area contributed by atoms with Gasteiger partial charge in [-0.2, -0.15) is 11.3 Å². The van der Waals surface area contributed by atoms with Gasteiger partial charge in [-0.05, 0) is 82.4 Å². The molecule has 224 valence electrons. The maximum atomic E-state index is 12.0. The first-order valence-electron chi connectivity index (χ1n) is 14.1. The minimum Gasteiger partial charge on any atom is -0.493 e. The van der Waals surface area contributed by atoms with Crippen LogP contribution >= 0.6 is 11.3 Å². The van der Waals surface area contributed by atoms with Crippen molar-refractivity contribution >= 4 is 38.4 Å². The van der Waals surface area contributed by atoms with Crippen molar-refractivity contribution in [1.29, 1.82) is 0 Å². The number of ether oxygens (including phenoxy) is 2. The number of nitrogens with one attached hydrogen (secondary N) is 1. The average molecular weight is 624 g/mol. The van der Waals surface area contributed by atoms with Crippen molar-refractivity contribution in [2.45, 2.75) is 26.4 Å². The summed E-state index contributed by atoms with van der Waals surface area (Å²) in [6.45, 7) is 11.0. The van der Waals surface area contributed by atoms with E-state index in [0.717, 1.165) is 40.8 Å². The van der Waals surface area contributed by atoms with E-state index < -0.39 is 10.0 Å². The molecule has 0 bridgehead atoms. The van der Waals surface area contributed by atoms with Crippen molar-refractivity contribution in [2.75, 3.05) is 22.5 Å². The number of hydrogen-bond donors (Lipinski definition) is 1. The highest BCUT2D eigenvalue weighted by Crippen LogP contribution is 2.31. The fourth-order valence-electron chi connectivity index (χ4n) is 4.82. The molecule has 4 aromatic carbocycles. The minimum absolute atomic E-state index is 0.532. The first-order chi connectivity index (χ1) is 21.3. The van der Waals surface area contributed by atoms with E-state index in [1.165, 1.54) is 5.56 Å². The second-order valence-corrected chi connectivity index (χ2v) is 12.9. The summed E-state index contributed by atoms with van der Waals surface area (Å²) >= 11 is 1.69. The van der Waals surface area contributed by atoms with Gasteiger partial charge in [0, 0.05) is 31.3 Å². The predicted molar refractivity (Wildman–Crippen MR) is 179 cm³/mol. The monoisotopic (exact) mass is 623 g/mol. The molecule has 0 aliphatic rings. The molecule has 7 nitrogen and oxygen atoms in total. The summed E-state index contributed by atoms with van der Waals surface area (Å²) in [6.07, 6.45) is 2.00. The second kappa shape index (κ2) is 14.1. The molecule has 0 saturated carbocycles. The Kier molecular flexibility index (Phi) is 9.85. The molecule has 0 unspecified atom stereocenters. The van der Waals surface area contributed by atoms with Crippen LogP contribution in [0.1, 0.15) is 22.3 Å². The van der Waals surface area contributed by atoms with Crippen LogP contribution in [0, 0.1) is 13.5 Å². The Morgan fingerprint density at radius 1 is 0.841 bits per heavy atom. The molecule has 0 spiro atoms. The maximum Gasteiger partial charge on any atom is 0.229 e. The minimum atomic E-state index is -3.44. The Balaban J connectivity index is 1.31. The molecule has 5 aromatic rings. The summed E-state index contributed by atoms with van der Waals surface area (Å²) < 4.78 is 38.7. The van der Waals surface area contributed by atoms with Gasteiger partial charge in [-0.1, -0.05) is 48.5 Å². The normalized spacial score (nSPS) is 11.0. The molecule has 1 aromatic heterocycles. The van der Waals surface area contributed by atoms with Crippen LogP contribution < -0.4 is 19.1 Å². The van der Waals surface area contributed by atoms with Crippen LogP contribution in [0.2, 0.25) is 0 Å². The van der Waals surface area contributed by atoms with E-state index in [2.05, 4.69) is 31.3 Å². The summed E-state index contributed by atoms with van der Waals surface area (Å²) in [5, 5.41) is 4.20. The molecule has 0 aliphatic heterocycles. The summed E-state index contributed by atoms with van der Waals surface area (Å²) in [6, 6.07) is 30.8. The number of hydrogen-bond acceptors (Lipinski definition) is 6. The molecule has 0 radical (unpaired) electrons. The third-order valence-electron chi connectivity index (χ3n) is 6.93. The number of sulfonamides is 1. The summed E-state index contributed by atoms with van der Waals surface area (Å²) in [5.74, 6) is 2.16. The molecule has 0 amide bonds. The van der Waals surface area contributed by atoms with E-state index in [9.17, 15) is 8.42 Å². The molecule has 44 heavy (non-hydrogen) atoms. The van der Waals surface area contributed by atoms with Crippen LogP contribution in [-0.2, 0) is 29.5 Å². The van der Waals surface area contributed by atoms with Crippen LogP contribution in [0.3, 0.4) is 0 Å². The predicted octanol–water partition coefficient (Wildman–Crippen LogP) is 8.60. The van der Waals surface area contributed by atoms with E-state index in [1.807, 2.05) is 85.8 Å². The second-order valence-electron chi connectivity index (χ2n) is 10.4. The van der Waals surface area contributed by atoms with Crippen molar-refractivity contribution in [2.24, 2.45) is 0 Å². The maximum absolute atomic E-state index is 12.0. The van der Waals surface area contributed by atoms with Crippen molar-refractivity contribution in [1.82, 2.24) is 0 Å². The molecule has 1 N–H and O–H groups in total. The SMILES string of the molecule is [C-]#[N+]c1cccc(CN(Cc2ccc(Oc3cccc(OCCc4ccsc4)c3)cc2)c2cccc(NS(C)(=O)=O)c2C)c1. The molecule has 0 atom stereocenters. The smallest absolute Gasteiger partial charge is 0.229 e. The number of anilines is 2. The van der Waals surface area contributed by atoms with Gasteiger partial charge in [-0.3, -0.25) is 4.72 Å². The van der Waals surface area contributed by atoms with E-state index in [4.69, 9.17) is 16.0 Å². The first kappa shape index (κ1) is 30.7. The van der Waals surface area contributed by atoms with Crippen molar-refractivity contribution in [3.63, 3.8) is 0 Å². The standard InChI is InChI=1S/C35H33N3O4S2/c1-26-34(37-44(3,39)40)11-6-12-35(26)38(24-29-7-4-8-30(21-29)36-2)23-27-13-15-31(16-14-27)42-33-10-5-9-32(22-33)41-19-17-28-18-20-43-25-28/h4-16,18,20-22,25,37H,17,19,23-24H2,1,3H3. The zero-order chi connectivity index (χ0) is 30.9. The van der Waals surface area contributed by atoms with E-state index >= 15 is 0 Å². The van der Waals surface area contributed by atoms with E-state index in [1.54, 1.807) is 23.5 Å². The van der Waals surface area contributed by atoms with Gasteiger partial charge >= 0.3 is 0 Å². The van der Waals surface area contributed by atoms with Gasteiger partial charge in [0.05, 0.1) is 25.1 Å². The van der Waals surface area contributed by atoms with E-state index in [-0.39, 0.29) is 0 Å². The molecule has 5 rings (SSSR count). The molecular weight excluding hydrogens is 591 g/mol. The van der Waals surface area contributed by atoms with Gasteiger partial charge in [-0.25, -0.2) is 13.3 Å². The van der Waals surface area contributed by atoms with Gasteiger partial charge in [0.25, 0.3) is 0 Å². The lowest BCUT2D eigenvalue weighted by Crippen LogP contribution is -2.23. The van der Waals surface area contributed by atoms with Crippen LogP contribution in [0.5, 0.6) is 17.2 Å². The first-order valence-corrected chi connectivity index (χ1v) is 16.9. The van der Waals surface area contributed by atoms with Gasteiger partial charge in [0.2, 0.25) is 10.0 Å². The van der Waals surface area contributed by atoms with Gasteiger partial charge in [0.15, 0.2) is 5.69 Å². The highest BCUT2D eigenvalue weighted by molar-refractivity contribution is 7.92. The number of rotatable bonds is 13. The summed E-state index contributed by atoms with van der Waals surface area (Å²) in [7, 11) is -3.44. The Hall–Kier alpha value is -4.78. The molecule has 9 heteroatoms. The Morgan fingerprint density at radius 3 is 2.34 bits per heavy atom. The highest BCUT2D eigenvalue weighted by atomic mass is 32.2. The Labute approximate surface area is 263 Å². The lowest BCUT2D eigenvalue weighted by Gasteiger charge is -2.28. The molecule has 0 fully saturated rings. The van der Waals surface area contributed by atoms with Crippen molar-refractivity contribution in [3.8, 4) is 17.2 Å². The molecule has 0 saturated heterocycles. The average Bonchev–Trinajstić information content (AvgIpc) is 3.52. The van der Waals surface area contributed by atoms with E-state index in [0.29, 0.717) is 42.6 Å². The third kappa shape index (κ3) is 8.63. The zero-order valence-electron chi connectivity index (χ0n) is 24.6. The topological polar surface area (TPSA) is 72.2 Å². The van der Waals surface area contributed by atoms with Gasteiger partial charge in [0.1, 0.15) is 17.2 Å². The Bertz CT molecular complexity index is 1850. The largest absolute Gasteiger partial charge is 0.493 e. The van der Waals surface area contributed by atoms with Crippen LogP contribution in [0.15, 0.2) is 108 Å². The third-order valence-corrected chi connectivity index (χ3v) is 8.25. The number of thiophene rings is 1. The number of nitrogens with zero attached hydrogens (tertiary/aromatic N) is 2. The summed E-state index contributed by atoms with van der Waals surface area (Å²) in [5.41, 5.74) is 6.12. The quantitative estimate of drug-likeness (QED) is 0.133. The van der Waals surface area contributed by atoms with Gasteiger partial charge in [-0.15, -0.1) is 0 Å². The van der Waals surface area contributed by atoms with Crippen LogP contribution in [0.25, 0.3) is 4.85 Å². The fourth-order valence-corrected chi connectivity index (χ4v) is 6.14. The Morgan fingerprint density at radius 2 is 1.59 bits per heavy atom. The fraction of sp³-hybridized carbons (Fsp3) is 0.171. The molecule has 1 heterocycles.